The molecule has 0 spiro atoms. The first kappa shape index (κ1) is 34.3. The molecule has 0 saturated heterocycles. The van der Waals surface area contributed by atoms with Crippen molar-refractivity contribution in [2.24, 2.45) is 0 Å². The molecule has 0 unspecified atom stereocenters. The normalized spacial score (nSPS) is 14.7. The van der Waals surface area contributed by atoms with E-state index in [2.05, 4.69) is 201 Å². The molecule has 10 rings (SSSR count). The molecule has 1 heteroatoms. The molecule has 0 aromatic heterocycles. The molecule has 2 aliphatic carbocycles. The number of anilines is 3. The zero-order valence-electron chi connectivity index (χ0n) is 32.4. The lowest BCUT2D eigenvalue weighted by Crippen LogP contribution is -2.14. The second kappa shape index (κ2) is 14.2. The van der Waals surface area contributed by atoms with Crippen LogP contribution in [0.3, 0.4) is 0 Å². The van der Waals surface area contributed by atoms with E-state index in [0.29, 0.717) is 5.92 Å². The van der Waals surface area contributed by atoms with Crippen LogP contribution in [0.5, 0.6) is 0 Å². The van der Waals surface area contributed by atoms with Gasteiger partial charge in [0.15, 0.2) is 0 Å². The standard InChI is InChI=1S/C55H47N/c1-55(2)50-28-12-9-24-46(50)47-36-33-42(37-51(47)55)38-31-34-43(35-32-38)56(52-29-13-10-23-44(52)39-17-5-3-6-18-39)53-30-14-11-25-48(53)49-27-16-22-41-21-15-26-45(54(41)49)40-19-7-4-8-20-40/h3,5-6,9-18,21-37,40H,4,7-8,19-20H2,1-2H3. The van der Waals surface area contributed by atoms with Crippen molar-refractivity contribution in [2.45, 2.75) is 57.3 Å². The first-order chi connectivity index (χ1) is 27.6. The van der Waals surface area contributed by atoms with Crippen molar-refractivity contribution in [3.8, 4) is 44.5 Å². The van der Waals surface area contributed by atoms with Crippen molar-refractivity contribution in [1.82, 2.24) is 0 Å². The van der Waals surface area contributed by atoms with E-state index in [1.165, 1.54) is 110 Å². The number of nitrogens with zero attached hydrogens (tertiary/aromatic N) is 1. The molecule has 0 atom stereocenters. The minimum atomic E-state index is -0.0397. The molecule has 0 radical (unpaired) electrons. The fourth-order valence-electron chi connectivity index (χ4n) is 9.87. The van der Waals surface area contributed by atoms with E-state index in [1.807, 2.05) is 0 Å². The molecule has 1 saturated carbocycles. The van der Waals surface area contributed by atoms with Crippen LogP contribution < -0.4 is 4.90 Å². The highest BCUT2D eigenvalue weighted by molar-refractivity contribution is 6.04. The topological polar surface area (TPSA) is 3.24 Å². The SMILES string of the molecule is CC1(C)c2ccccc2-c2ccc(-c3ccc(N(c4ccccc4-c4ccccc4)c4ccccc4-c4cccc5cccc(C6CCCCC6)c45)cc3)cc21. The second-order valence-electron chi connectivity index (χ2n) is 16.3. The lowest BCUT2D eigenvalue weighted by atomic mass is 9.80. The van der Waals surface area contributed by atoms with Gasteiger partial charge in [-0.05, 0) is 110 Å². The van der Waals surface area contributed by atoms with Crippen LogP contribution in [0.1, 0.15) is 68.6 Å². The van der Waals surface area contributed by atoms with E-state index in [-0.39, 0.29) is 5.41 Å². The Bertz CT molecular complexity index is 2690. The minimum absolute atomic E-state index is 0.0397. The Morgan fingerprint density at radius 2 is 1.02 bits per heavy atom. The Morgan fingerprint density at radius 1 is 0.429 bits per heavy atom. The fraction of sp³-hybridized carbons (Fsp3) is 0.164. The van der Waals surface area contributed by atoms with Gasteiger partial charge in [-0.3, -0.25) is 0 Å². The average molecular weight is 722 g/mol. The third kappa shape index (κ3) is 5.85. The predicted molar refractivity (Wildman–Crippen MR) is 238 cm³/mol. The van der Waals surface area contributed by atoms with Gasteiger partial charge in [0.05, 0.1) is 11.4 Å². The molecule has 0 aliphatic heterocycles. The van der Waals surface area contributed by atoms with E-state index in [9.17, 15) is 0 Å². The summed E-state index contributed by atoms with van der Waals surface area (Å²) in [6.45, 7) is 4.72. The Balaban J connectivity index is 1.14. The van der Waals surface area contributed by atoms with Gasteiger partial charge < -0.3 is 4.90 Å². The molecule has 1 nitrogen and oxygen atoms in total. The quantitative estimate of drug-likeness (QED) is 0.158. The summed E-state index contributed by atoms with van der Waals surface area (Å²) in [4.78, 5) is 2.49. The van der Waals surface area contributed by atoms with Gasteiger partial charge in [0, 0.05) is 22.2 Å². The van der Waals surface area contributed by atoms with Crippen molar-refractivity contribution >= 4 is 27.8 Å². The first-order valence-electron chi connectivity index (χ1n) is 20.5. The summed E-state index contributed by atoms with van der Waals surface area (Å²) >= 11 is 0. The van der Waals surface area contributed by atoms with Gasteiger partial charge in [0.1, 0.15) is 0 Å². The van der Waals surface area contributed by atoms with Crippen molar-refractivity contribution in [2.75, 3.05) is 4.90 Å². The molecule has 272 valence electrons. The van der Waals surface area contributed by atoms with Crippen molar-refractivity contribution in [3.63, 3.8) is 0 Å². The number of para-hydroxylation sites is 2. The van der Waals surface area contributed by atoms with Gasteiger partial charge in [0.2, 0.25) is 0 Å². The van der Waals surface area contributed by atoms with Gasteiger partial charge in [-0.2, -0.15) is 0 Å². The van der Waals surface area contributed by atoms with Crippen LogP contribution in [0.2, 0.25) is 0 Å². The van der Waals surface area contributed by atoms with E-state index in [4.69, 9.17) is 0 Å². The summed E-state index contributed by atoms with van der Waals surface area (Å²) in [5.74, 6) is 0.599. The number of hydrogen-bond donors (Lipinski definition) is 0. The van der Waals surface area contributed by atoms with Crippen LogP contribution in [-0.2, 0) is 5.41 Å². The number of rotatable bonds is 7. The molecule has 56 heavy (non-hydrogen) atoms. The summed E-state index contributed by atoms with van der Waals surface area (Å²) in [7, 11) is 0. The van der Waals surface area contributed by atoms with Gasteiger partial charge in [-0.15, -0.1) is 0 Å². The van der Waals surface area contributed by atoms with Crippen LogP contribution in [-0.4, -0.2) is 0 Å². The van der Waals surface area contributed by atoms with E-state index in [0.717, 1.165) is 11.4 Å². The Hall–Kier alpha value is -6.18. The van der Waals surface area contributed by atoms with Crippen LogP contribution in [0.4, 0.5) is 17.1 Å². The van der Waals surface area contributed by atoms with Crippen molar-refractivity contribution in [1.29, 1.82) is 0 Å². The summed E-state index contributed by atoms with van der Waals surface area (Å²) in [5.41, 5.74) is 17.9. The minimum Gasteiger partial charge on any atom is -0.309 e. The summed E-state index contributed by atoms with van der Waals surface area (Å²) in [6, 6.07) is 67.8. The second-order valence-corrected chi connectivity index (χ2v) is 16.3. The van der Waals surface area contributed by atoms with Crippen LogP contribution in [0, 0.1) is 0 Å². The summed E-state index contributed by atoms with van der Waals surface area (Å²) < 4.78 is 0. The first-order valence-corrected chi connectivity index (χ1v) is 20.5. The number of benzene rings is 8. The highest BCUT2D eigenvalue weighted by atomic mass is 15.1. The van der Waals surface area contributed by atoms with Gasteiger partial charge in [-0.1, -0.05) is 185 Å². The van der Waals surface area contributed by atoms with Gasteiger partial charge >= 0.3 is 0 Å². The zero-order chi connectivity index (χ0) is 37.6. The van der Waals surface area contributed by atoms with E-state index < -0.39 is 0 Å². The van der Waals surface area contributed by atoms with Crippen LogP contribution in [0.15, 0.2) is 182 Å². The Labute approximate surface area is 331 Å². The maximum atomic E-state index is 2.49. The highest BCUT2D eigenvalue weighted by Crippen LogP contribution is 2.51. The van der Waals surface area contributed by atoms with Crippen molar-refractivity contribution in [3.05, 3.63) is 199 Å². The molecular weight excluding hydrogens is 675 g/mol. The molecule has 2 aliphatic rings. The van der Waals surface area contributed by atoms with Crippen LogP contribution >= 0.6 is 0 Å². The Kier molecular flexibility index (Phi) is 8.67. The van der Waals surface area contributed by atoms with E-state index >= 15 is 0 Å². The molecule has 0 N–H and O–H groups in total. The molecule has 0 heterocycles. The summed E-state index contributed by atoms with van der Waals surface area (Å²) in [5, 5.41) is 2.73. The largest absolute Gasteiger partial charge is 0.309 e. The van der Waals surface area contributed by atoms with Crippen LogP contribution in [0.25, 0.3) is 55.3 Å². The maximum absolute atomic E-state index is 2.49. The lowest BCUT2D eigenvalue weighted by molar-refractivity contribution is 0.445. The fourth-order valence-corrected chi connectivity index (χ4v) is 9.87. The molecule has 0 bridgehead atoms. The molecule has 8 aromatic carbocycles. The monoisotopic (exact) mass is 721 g/mol. The third-order valence-corrected chi connectivity index (χ3v) is 12.7. The number of fused-ring (bicyclic) bond motifs is 4. The maximum Gasteiger partial charge on any atom is 0.0540 e. The lowest BCUT2D eigenvalue weighted by Gasteiger charge is -2.31. The highest BCUT2D eigenvalue weighted by Gasteiger charge is 2.35. The smallest absolute Gasteiger partial charge is 0.0540 e. The predicted octanol–water partition coefficient (Wildman–Crippen LogP) is 15.7. The molecule has 8 aromatic rings. The molecule has 0 amide bonds. The van der Waals surface area contributed by atoms with Crippen molar-refractivity contribution < 1.29 is 0 Å². The third-order valence-electron chi connectivity index (χ3n) is 12.7. The van der Waals surface area contributed by atoms with E-state index in [1.54, 1.807) is 0 Å². The number of hydrogen-bond acceptors (Lipinski definition) is 1. The average Bonchev–Trinajstić information content (AvgIpc) is 3.50. The molecular formula is C55H47N. The summed E-state index contributed by atoms with van der Waals surface area (Å²) in [6.07, 6.45) is 6.52. The van der Waals surface area contributed by atoms with Gasteiger partial charge in [-0.25, -0.2) is 0 Å². The Morgan fingerprint density at radius 3 is 1.79 bits per heavy atom. The van der Waals surface area contributed by atoms with Gasteiger partial charge in [0.25, 0.3) is 0 Å². The zero-order valence-corrected chi connectivity index (χ0v) is 32.4. The molecule has 1 fully saturated rings.